The van der Waals surface area contributed by atoms with Gasteiger partial charge in [-0.3, -0.25) is 19.7 Å². The maximum Gasteiger partial charge on any atom is 0.335 e. The maximum atomic E-state index is 13.0. The molecular weight excluding hydrogens is 526 g/mol. The van der Waals surface area contributed by atoms with Crippen LogP contribution in [0.4, 0.5) is 16.2 Å². The van der Waals surface area contributed by atoms with Gasteiger partial charge in [-0.2, -0.15) is 0 Å². The number of hydrogen-bond acceptors (Lipinski definition) is 5. The third-order valence-corrected chi connectivity index (χ3v) is 6.04. The lowest BCUT2D eigenvalue weighted by atomic mass is 10.1. The van der Waals surface area contributed by atoms with E-state index in [-0.39, 0.29) is 18.1 Å². The van der Waals surface area contributed by atoms with Crippen molar-refractivity contribution in [1.82, 2.24) is 5.32 Å². The van der Waals surface area contributed by atoms with E-state index in [1.165, 1.54) is 6.08 Å². The maximum absolute atomic E-state index is 13.0. The van der Waals surface area contributed by atoms with Crippen LogP contribution < -0.4 is 20.3 Å². The molecule has 2 N–H and O–H groups in total. The lowest BCUT2D eigenvalue weighted by Crippen LogP contribution is -2.54. The number of ether oxygens (including phenoxy) is 1. The number of barbiturate groups is 1. The number of benzene rings is 3. The van der Waals surface area contributed by atoms with E-state index in [9.17, 15) is 19.2 Å². The zero-order valence-corrected chi connectivity index (χ0v) is 21.1. The van der Waals surface area contributed by atoms with Gasteiger partial charge in [0.15, 0.2) is 6.61 Å². The lowest BCUT2D eigenvalue weighted by molar-refractivity contribution is -0.122. The predicted octanol–water partition coefficient (Wildman–Crippen LogP) is 4.75. The summed E-state index contributed by atoms with van der Waals surface area (Å²) < 4.78 is 6.38. The highest BCUT2D eigenvalue weighted by Crippen LogP contribution is 2.24. The molecule has 1 aliphatic heterocycles. The topological polar surface area (TPSA) is 105 Å². The molecule has 1 heterocycles. The van der Waals surface area contributed by atoms with Gasteiger partial charge in [-0.15, -0.1) is 0 Å². The van der Waals surface area contributed by atoms with Gasteiger partial charge in [-0.25, -0.2) is 9.69 Å². The summed E-state index contributed by atoms with van der Waals surface area (Å²) in [6.45, 7) is 3.73. The summed E-state index contributed by atoms with van der Waals surface area (Å²) in [7, 11) is 0. The first-order chi connectivity index (χ1) is 17.2. The summed E-state index contributed by atoms with van der Waals surface area (Å²) in [6, 6.07) is 18.0. The van der Waals surface area contributed by atoms with Crippen LogP contribution in [0.25, 0.3) is 6.08 Å². The molecule has 8 nitrogen and oxygen atoms in total. The number of anilines is 2. The van der Waals surface area contributed by atoms with Gasteiger partial charge in [-0.05, 0) is 85.1 Å². The van der Waals surface area contributed by atoms with Gasteiger partial charge < -0.3 is 10.1 Å². The second kappa shape index (κ2) is 10.6. The largest absolute Gasteiger partial charge is 0.484 e. The summed E-state index contributed by atoms with van der Waals surface area (Å²) in [5, 5.41) is 4.98. The van der Waals surface area contributed by atoms with E-state index >= 15 is 0 Å². The smallest absolute Gasteiger partial charge is 0.335 e. The van der Waals surface area contributed by atoms with Crippen LogP contribution in [0.5, 0.6) is 5.75 Å². The third kappa shape index (κ3) is 5.69. The van der Waals surface area contributed by atoms with Gasteiger partial charge in [0.05, 0.1) is 5.69 Å². The van der Waals surface area contributed by atoms with Crippen molar-refractivity contribution in [3.05, 3.63) is 93.5 Å². The number of carbonyl (C=O) groups is 4. The van der Waals surface area contributed by atoms with Crippen LogP contribution in [-0.4, -0.2) is 30.4 Å². The molecule has 0 atom stereocenters. The molecule has 36 heavy (non-hydrogen) atoms. The standard InChI is InChI=1S/C27H22BrN3O5/c1-16-6-9-20(12-17(16)2)29-24(32)15-36-22-5-3-4-18(13-22)14-23-25(33)30-27(35)31(26(23)34)21-10-7-19(28)8-11-21/h3-14H,15H2,1-2H3,(H,29,32)(H,30,33,35)/b23-14+. The number of nitrogens with one attached hydrogen (secondary N) is 2. The van der Waals surface area contributed by atoms with Crippen molar-refractivity contribution in [3.8, 4) is 5.75 Å². The van der Waals surface area contributed by atoms with Gasteiger partial charge in [0, 0.05) is 10.2 Å². The number of carbonyl (C=O) groups excluding carboxylic acids is 4. The fourth-order valence-electron chi connectivity index (χ4n) is 3.51. The van der Waals surface area contributed by atoms with Gasteiger partial charge in [0.2, 0.25) is 0 Å². The minimum absolute atomic E-state index is 0.206. The summed E-state index contributed by atoms with van der Waals surface area (Å²) in [5.74, 6) is -1.49. The van der Waals surface area contributed by atoms with Crippen LogP contribution in [0, 0.1) is 13.8 Å². The van der Waals surface area contributed by atoms with Crippen molar-refractivity contribution in [1.29, 1.82) is 0 Å². The van der Waals surface area contributed by atoms with Crippen LogP contribution >= 0.6 is 15.9 Å². The molecule has 0 aromatic heterocycles. The van der Waals surface area contributed by atoms with Gasteiger partial charge in [-0.1, -0.05) is 34.1 Å². The monoisotopic (exact) mass is 547 g/mol. The first-order valence-corrected chi connectivity index (χ1v) is 11.8. The Kier molecular flexibility index (Phi) is 7.30. The zero-order chi connectivity index (χ0) is 25.8. The molecule has 1 saturated heterocycles. The van der Waals surface area contributed by atoms with E-state index in [0.717, 1.165) is 20.5 Å². The number of amides is 5. The van der Waals surface area contributed by atoms with Crippen LogP contribution in [0.2, 0.25) is 0 Å². The summed E-state index contributed by atoms with van der Waals surface area (Å²) in [6.07, 6.45) is 1.37. The van der Waals surface area contributed by atoms with E-state index < -0.39 is 17.8 Å². The fourth-order valence-corrected chi connectivity index (χ4v) is 3.77. The first-order valence-electron chi connectivity index (χ1n) is 11.0. The molecule has 4 rings (SSSR count). The van der Waals surface area contributed by atoms with Gasteiger partial charge >= 0.3 is 6.03 Å². The normalized spacial score (nSPS) is 14.6. The van der Waals surface area contributed by atoms with Crippen molar-refractivity contribution in [2.45, 2.75) is 13.8 Å². The van der Waals surface area contributed by atoms with Crippen molar-refractivity contribution in [3.63, 3.8) is 0 Å². The predicted molar refractivity (Wildman–Crippen MR) is 140 cm³/mol. The molecule has 3 aromatic carbocycles. The number of urea groups is 1. The van der Waals surface area contributed by atoms with Crippen molar-refractivity contribution in [2.24, 2.45) is 0 Å². The second-order valence-electron chi connectivity index (χ2n) is 8.14. The lowest BCUT2D eigenvalue weighted by Gasteiger charge is -2.26. The summed E-state index contributed by atoms with van der Waals surface area (Å²) >= 11 is 3.31. The number of hydrogen-bond donors (Lipinski definition) is 2. The zero-order valence-electron chi connectivity index (χ0n) is 19.5. The quantitative estimate of drug-likeness (QED) is 0.342. The van der Waals surface area contributed by atoms with Crippen molar-refractivity contribution >= 4 is 57.1 Å². The molecule has 0 unspecified atom stereocenters. The molecule has 0 radical (unpaired) electrons. The van der Waals surface area contributed by atoms with Crippen molar-refractivity contribution in [2.75, 3.05) is 16.8 Å². The summed E-state index contributed by atoms with van der Waals surface area (Å²) in [5.41, 5.74) is 3.48. The van der Waals surface area contributed by atoms with Crippen LogP contribution in [-0.2, 0) is 14.4 Å². The Bertz CT molecular complexity index is 1400. The minimum Gasteiger partial charge on any atom is -0.484 e. The molecule has 1 fully saturated rings. The van der Waals surface area contributed by atoms with Crippen LogP contribution in [0.15, 0.2) is 76.8 Å². The molecule has 0 saturated carbocycles. The number of aryl methyl sites for hydroxylation is 2. The molecule has 9 heteroatoms. The van der Waals surface area contributed by atoms with Crippen LogP contribution in [0.3, 0.4) is 0 Å². The molecule has 5 amide bonds. The highest BCUT2D eigenvalue weighted by Gasteiger charge is 2.36. The Balaban J connectivity index is 1.47. The Morgan fingerprint density at radius 3 is 2.47 bits per heavy atom. The second-order valence-corrected chi connectivity index (χ2v) is 9.06. The van der Waals surface area contributed by atoms with E-state index in [4.69, 9.17) is 4.74 Å². The number of nitrogens with zero attached hydrogens (tertiary/aromatic N) is 1. The number of rotatable bonds is 6. The van der Waals surface area contributed by atoms with E-state index in [0.29, 0.717) is 22.7 Å². The van der Waals surface area contributed by atoms with Gasteiger partial charge in [0.25, 0.3) is 17.7 Å². The molecular formula is C27H22BrN3O5. The molecule has 0 spiro atoms. The Hall–Kier alpha value is -4.24. The molecule has 0 bridgehead atoms. The highest BCUT2D eigenvalue weighted by atomic mass is 79.9. The van der Waals surface area contributed by atoms with Crippen molar-refractivity contribution < 1.29 is 23.9 Å². The van der Waals surface area contributed by atoms with E-state index in [1.54, 1.807) is 48.5 Å². The van der Waals surface area contributed by atoms with Gasteiger partial charge in [0.1, 0.15) is 11.3 Å². The third-order valence-electron chi connectivity index (χ3n) is 5.52. The van der Waals surface area contributed by atoms with E-state index in [2.05, 4.69) is 26.6 Å². The molecule has 0 aliphatic carbocycles. The van der Waals surface area contributed by atoms with Crippen LogP contribution in [0.1, 0.15) is 16.7 Å². The Labute approximate surface area is 216 Å². The fraction of sp³-hybridized carbons (Fsp3) is 0.111. The SMILES string of the molecule is Cc1ccc(NC(=O)COc2cccc(/C=C3\C(=O)NC(=O)N(c4ccc(Br)cc4)C3=O)c2)cc1C. The average Bonchev–Trinajstić information content (AvgIpc) is 2.84. The number of halogens is 1. The first kappa shape index (κ1) is 24.9. The summed E-state index contributed by atoms with van der Waals surface area (Å²) in [4.78, 5) is 51.0. The molecule has 1 aliphatic rings. The molecule has 182 valence electrons. The highest BCUT2D eigenvalue weighted by molar-refractivity contribution is 9.10. The average molecular weight is 548 g/mol. The Morgan fingerprint density at radius 2 is 1.75 bits per heavy atom. The number of imide groups is 2. The minimum atomic E-state index is -0.823. The molecule has 3 aromatic rings. The van der Waals surface area contributed by atoms with E-state index in [1.807, 2.05) is 32.0 Å². The Morgan fingerprint density at radius 1 is 1.00 bits per heavy atom.